The average molecular weight is 408 g/mol. The first-order valence-corrected chi connectivity index (χ1v) is 8.28. The van der Waals surface area contributed by atoms with Crippen LogP contribution in [0.2, 0.25) is 0 Å². The molecule has 25 heavy (non-hydrogen) atoms. The maximum absolute atomic E-state index is 11.4. The molecule has 132 valence electrons. The molecule has 0 fully saturated rings. The minimum absolute atomic E-state index is 0.149. The zero-order valence-electron chi connectivity index (χ0n) is 13.8. The number of halogens is 1. The van der Waals surface area contributed by atoms with Crippen LogP contribution in [0.15, 0.2) is 46.9 Å². The van der Waals surface area contributed by atoms with Gasteiger partial charge in [-0.25, -0.2) is 4.79 Å². The number of carboxylic acid groups (broad SMARTS) is 1. The Labute approximate surface area is 153 Å². The molecule has 2 N–H and O–H groups in total. The van der Waals surface area contributed by atoms with Crippen molar-refractivity contribution in [1.82, 2.24) is 4.90 Å². The first-order chi connectivity index (χ1) is 11.8. The third-order valence-electron chi connectivity index (χ3n) is 3.74. The highest BCUT2D eigenvalue weighted by molar-refractivity contribution is 9.10. The van der Waals surface area contributed by atoms with E-state index < -0.39 is 12.0 Å². The molecule has 0 aliphatic rings. The van der Waals surface area contributed by atoms with Crippen LogP contribution >= 0.6 is 15.9 Å². The van der Waals surface area contributed by atoms with Crippen LogP contribution in [0.3, 0.4) is 0 Å². The van der Waals surface area contributed by atoms with Gasteiger partial charge in [0.05, 0.1) is 4.47 Å². The van der Waals surface area contributed by atoms with Gasteiger partial charge in [-0.1, -0.05) is 6.07 Å². The second-order valence-electron chi connectivity index (χ2n) is 5.55. The molecule has 0 radical (unpaired) electrons. The van der Waals surface area contributed by atoms with Crippen LogP contribution < -0.4 is 4.74 Å². The topological polar surface area (TPSA) is 87.1 Å². The predicted molar refractivity (Wildman–Crippen MR) is 95.9 cm³/mol. The molecular formula is C18H18BrNO5. The number of carbonyl (C=O) groups is 2. The summed E-state index contributed by atoms with van der Waals surface area (Å²) in [5.41, 5.74) is 0.755. The van der Waals surface area contributed by atoms with Gasteiger partial charge in [0.15, 0.2) is 0 Å². The first kappa shape index (κ1) is 18.8. The van der Waals surface area contributed by atoms with Crippen LogP contribution in [0.4, 0.5) is 0 Å². The van der Waals surface area contributed by atoms with Crippen LogP contribution in [-0.4, -0.2) is 40.1 Å². The minimum atomic E-state index is -1.06. The van der Waals surface area contributed by atoms with Gasteiger partial charge in [-0.15, -0.1) is 0 Å². The van der Waals surface area contributed by atoms with Crippen molar-refractivity contribution in [2.45, 2.75) is 19.4 Å². The number of phenolic OH excluding ortho intramolecular Hbond substituents is 1. The lowest BCUT2D eigenvalue weighted by atomic mass is 10.0. The Kier molecular flexibility index (Phi) is 6.03. The highest BCUT2D eigenvalue weighted by Crippen LogP contribution is 2.31. The summed E-state index contributed by atoms with van der Waals surface area (Å²) in [6, 6.07) is 10.6. The number of rotatable bonds is 6. The van der Waals surface area contributed by atoms with Crippen molar-refractivity contribution in [3.05, 3.63) is 52.5 Å². The molecule has 1 amide bonds. The Morgan fingerprint density at radius 3 is 2.36 bits per heavy atom. The molecule has 0 aliphatic carbocycles. The molecule has 0 spiro atoms. The molecule has 0 saturated carbocycles. The average Bonchev–Trinajstić information content (AvgIpc) is 2.56. The summed E-state index contributed by atoms with van der Waals surface area (Å²) in [6.07, 6.45) is 0.184. The maximum atomic E-state index is 11.4. The fraction of sp³-hybridized carbons (Fsp3) is 0.222. The second kappa shape index (κ2) is 8.02. The van der Waals surface area contributed by atoms with E-state index in [9.17, 15) is 19.8 Å². The van der Waals surface area contributed by atoms with E-state index in [0.29, 0.717) is 16.0 Å². The van der Waals surface area contributed by atoms with Crippen LogP contribution in [-0.2, 0) is 16.0 Å². The van der Waals surface area contributed by atoms with E-state index in [1.807, 2.05) is 0 Å². The molecule has 1 unspecified atom stereocenters. The van der Waals surface area contributed by atoms with Crippen molar-refractivity contribution in [2.75, 3.05) is 7.05 Å². The van der Waals surface area contributed by atoms with Gasteiger partial charge in [0, 0.05) is 20.4 Å². The number of phenols is 1. The summed E-state index contributed by atoms with van der Waals surface area (Å²) >= 11 is 3.41. The van der Waals surface area contributed by atoms with Gasteiger partial charge < -0.3 is 19.8 Å². The molecule has 0 aromatic heterocycles. The van der Waals surface area contributed by atoms with Crippen molar-refractivity contribution in [3.8, 4) is 17.2 Å². The van der Waals surface area contributed by atoms with E-state index in [-0.39, 0.29) is 18.1 Å². The summed E-state index contributed by atoms with van der Waals surface area (Å²) in [5, 5.41) is 18.6. The molecule has 6 nitrogen and oxygen atoms in total. The Morgan fingerprint density at radius 1 is 1.20 bits per heavy atom. The molecule has 0 saturated heterocycles. The van der Waals surface area contributed by atoms with Gasteiger partial charge in [0.25, 0.3) is 0 Å². The Balaban J connectivity index is 2.16. The molecule has 0 bridgehead atoms. The van der Waals surface area contributed by atoms with E-state index in [0.717, 1.165) is 5.56 Å². The van der Waals surface area contributed by atoms with Gasteiger partial charge in [-0.3, -0.25) is 4.79 Å². The second-order valence-corrected chi connectivity index (χ2v) is 6.40. The highest BCUT2D eigenvalue weighted by atomic mass is 79.9. The molecule has 2 aromatic rings. The maximum Gasteiger partial charge on any atom is 0.326 e. The fourth-order valence-electron chi connectivity index (χ4n) is 2.23. The fourth-order valence-corrected chi connectivity index (χ4v) is 2.73. The third-order valence-corrected chi connectivity index (χ3v) is 4.36. The number of hydrogen-bond acceptors (Lipinski definition) is 4. The van der Waals surface area contributed by atoms with Gasteiger partial charge >= 0.3 is 5.97 Å². The first-order valence-electron chi connectivity index (χ1n) is 7.49. The van der Waals surface area contributed by atoms with Gasteiger partial charge in [-0.2, -0.15) is 0 Å². The Bertz CT molecular complexity index is 776. The van der Waals surface area contributed by atoms with Crippen molar-refractivity contribution in [2.24, 2.45) is 0 Å². The molecule has 0 aliphatic heterocycles. The SMILES string of the molecule is CC(=O)N(C)C(Cc1ccc(Oc2ccc(O)cc2)c(Br)c1)C(=O)O. The standard InChI is InChI=1S/C18H18BrNO5/c1-11(21)20(2)16(18(23)24)10-12-3-8-17(15(19)9-12)25-14-6-4-13(22)5-7-14/h3-9,16,22H,10H2,1-2H3,(H,23,24). The lowest BCUT2D eigenvalue weighted by Gasteiger charge is -2.23. The van der Waals surface area contributed by atoms with Crippen molar-refractivity contribution in [3.63, 3.8) is 0 Å². The highest BCUT2D eigenvalue weighted by Gasteiger charge is 2.25. The smallest absolute Gasteiger partial charge is 0.326 e. The normalized spacial score (nSPS) is 11.6. The Hall–Kier alpha value is -2.54. The number of hydrogen-bond donors (Lipinski definition) is 2. The van der Waals surface area contributed by atoms with Crippen LogP contribution in [0.1, 0.15) is 12.5 Å². The van der Waals surface area contributed by atoms with E-state index in [4.69, 9.17) is 4.74 Å². The molecule has 0 heterocycles. The van der Waals surface area contributed by atoms with Crippen LogP contribution in [0.5, 0.6) is 17.2 Å². The number of benzene rings is 2. The van der Waals surface area contributed by atoms with Crippen LogP contribution in [0, 0.1) is 0 Å². The van der Waals surface area contributed by atoms with E-state index in [2.05, 4.69) is 15.9 Å². The molecular weight excluding hydrogens is 390 g/mol. The third kappa shape index (κ3) is 4.96. The number of likely N-dealkylation sites (N-methyl/N-ethyl adjacent to an activating group) is 1. The number of aliphatic carboxylic acids is 1. The molecule has 2 rings (SSSR count). The zero-order valence-corrected chi connectivity index (χ0v) is 15.4. The van der Waals surface area contributed by atoms with Crippen molar-refractivity contribution in [1.29, 1.82) is 0 Å². The number of aromatic hydroxyl groups is 1. The van der Waals surface area contributed by atoms with Crippen LogP contribution in [0.25, 0.3) is 0 Å². The molecule has 2 aromatic carbocycles. The van der Waals surface area contributed by atoms with Gasteiger partial charge in [0.2, 0.25) is 5.91 Å². The van der Waals surface area contributed by atoms with Gasteiger partial charge in [0.1, 0.15) is 23.3 Å². The summed E-state index contributed by atoms with van der Waals surface area (Å²) in [5.74, 6) is -0.0970. The van der Waals surface area contributed by atoms with Gasteiger partial charge in [-0.05, 0) is 57.9 Å². The number of ether oxygens (including phenoxy) is 1. The monoisotopic (exact) mass is 407 g/mol. The van der Waals surface area contributed by atoms with Crippen molar-refractivity contribution < 1.29 is 24.5 Å². The molecule has 7 heteroatoms. The summed E-state index contributed by atoms with van der Waals surface area (Å²) < 4.78 is 6.38. The van der Waals surface area contributed by atoms with E-state index in [1.165, 1.54) is 31.0 Å². The number of carbonyl (C=O) groups excluding carboxylic acids is 1. The lowest BCUT2D eigenvalue weighted by Crippen LogP contribution is -2.42. The number of carboxylic acids is 1. The largest absolute Gasteiger partial charge is 0.508 e. The van der Waals surface area contributed by atoms with E-state index in [1.54, 1.807) is 30.3 Å². The zero-order chi connectivity index (χ0) is 18.6. The number of nitrogens with zero attached hydrogens (tertiary/aromatic N) is 1. The summed E-state index contributed by atoms with van der Waals surface area (Å²) in [7, 11) is 1.47. The quantitative estimate of drug-likeness (QED) is 0.765. The number of amides is 1. The summed E-state index contributed by atoms with van der Waals surface area (Å²) in [4.78, 5) is 24.1. The molecule has 1 atom stereocenters. The van der Waals surface area contributed by atoms with Crippen molar-refractivity contribution >= 4 is 27.8 Å². The lowest BCUT2D eigenvalue weighted by molar-refractivity contribution is -0.148. The summed E-state index contributed by atoms with van der Waals surface area (Å²) in [6.45, 7) is 1.33. The minimum Gasteiger partial charge on any atom is -0.508 e. The Morgan fingerprint density at radius 2 is 1.84 bits per heavy atom. The predicted octanol–water partition coefficient (Wildman–Crippen LogP) is 3.42. The van der Waals surface area contributed by atoms with E-state index >= 15 is 0 Å².